The molecule has 0 saturated carbocycles. The Kier molecular flexibility index (Phi) is 5.74. The third-order valence-corrected chi connectivity index (χ3v) is 3.14. The number of aryl methyl sites for hydroxylation is 2. The van der Waals surface area contributed by atoms with Crippen LogP contribution in [0.3, 0.4) is 0 Å². The van der Waals surface area contributed by atoms with E-state index in [4.69, 9.17) is 0 Å². The molecule has 1 heterocycles. The molecule has 0 spiro atoms. The topological polar surface area (TPSA) is 29.9 Å². The van der Waals surface area contributed by atoms with Crippen molar-refractivity contribution in [1.82, 2.24) is 9.55 Å². The van der Waals surface area contributed by atoms with Gasteiger partial charge in [0.15, 0.2) is 0 Å². The van der Waals surface area contributed by atoms with Gasteiger partial charge in [-0.2, -0.15) is 11.8 Å². The number of nitrogens with zero attached hydrogens (tertiary/aromatic N) is 2. The predicted octanol–water partition coefficient (Wildman–Crippen LogP) is 3.16. The Labute approximate surface area is 103 Å². The highest BCUT2D eigenvalue weighted by Crippen LogP contribution is 2.12. The molecule has 1 N–H and O–H groups in total. The predicted molar refractivity (Wildman–Crippen MR) is 73.3 cm³/mol. The van der Waals surface area contributed by atoms with Gasteiger partial charge in [0.2, 0.25) is 5.95 Å². The summed E-state index contributed by atoms with van der Waals surface area (Å²) in [6.45, 7) is 7.50. The van der Waals surface area contributed by atoms with E-state index in [0.29, 0.717) is 6.04 Å². The van der Waals surface area contributed by atoms with Crippen molar-refractivity contribution in [2.45, 2.75) is 46.2 Å². The molecule has 0 aromatic carbocycles. The monoisotopic (exact) mass is 241 g/mol. The maximum Gasteiger partial charge on any atom is 0.203 e. The molecule has 0 amide bonds. The molecular formula is C12H23N3S. The number of anilines is 1. The van der Waals surface area contributed by atoms with Crippen LogP contribution in [0.4, 0.5) is 5.95 Å². The van der Waals surface area contributed by atoms with Gasteiger partial charge < -0.3 is 9.88 Å². The van der Waals surface area contributed by atoms with E-state index in [1.54, 1.807) is 0 Å². The molecule has 0 saturated heterocycles. The summed E-state index contributed by atoms with van der Waals surface area (Å²) in [7, 11) is 0. The maximum atomic E-state index is 4.52. The molecule has 1 atom stereocenters. The molecule has 0 aliphatic rings. The SMILES string of the molecule is CCCn1cc(C)nc1NC(C)CCSC. The zero-order valence-corrected chi connectivity index (χ0v) is 11.6. The summed E-state index contributed by atoms with van der Waals surface area (Å²) in [5.41, 5.74) is 1.09. The first kappa shape index (κ1) is 13.4. The quantitative estimate of drug-likeness (QED) is 0.795. The van der Waals surface area contributed by atoms with Crippen LogP contribution in [-0.4, -0.2) is 27.6 Å². The fourth-order valence-corrected chi connectivity index (χ4v) is 2.25. The third-order valence-electron chi connectivity index (χ3n) is 2.49. The minimum atomic E-state index is 0.491. The molecule has 0 bridgehead atoms. The average molecular weight is 241 g/mol. The van der Waals surface area contributed by atoms with E-state index in [9.17, 15) is 0 Å². The Hall–Kier alpha value is -0.640. The van der Waals surface area contributed by atoms with Crippen LogP contribution in [0.2, 0.25) is 0 Å². The van der Waals surface area contributed by atoms with Crippen LogP contribution < -0.4 is 5.32 Å². The molecular weight excluding hydrogens is 218 g/mol. The first-order chi connectivity index (χ1) is 7.67. The van der Waals surface area contributed by atoms with Crippen molar-refractivity contribution in [1.29, 1.82) is 0 Å². The zero-order valence-electron chi connectivity index (χ0n) is 10.8. The highest BCUT2D eigenvalue weighted by Gasteiger charge is 2.08. The van der Waals surface area contributed by atoms with Crippen molar-refractivity contribution in [3.05, 3.63) is 11.9 Å². The summed E-state index contributed by atoms with van der Waals surface area (Å²) in [6, 6.07) is 0.491. The molecule has 16 heavy (non-hydrogen) atoms. The molecule has 0 fully saturated rings. The van der Waals surface area contributed by atoms with Crippen molar-refractivity contribution < 1.29 is 0 Å². The van der Waals surface area contributed by atoms with Gasteiger partial charge in [-0.25, -0.2) is 4.98 Å². The van der Waals surface area contributed by atoms with Gasteiger partial charge in [0.1, 0.15) is 0 Å². The lowest BCUT2D eigenvalue weighted by molar-refractivity contribution is 0.666. The van der Waals surface area contributed by atoms with Crippen LogP contribution in [-0.2, 0) is 6.54 Å². The second kappa shape index (κ2) is 6.84. The maximum absolute atomic E-state index is 4.52. The van der Waals surface area contributed by atoms with Gasteiger partial charge in [-0.3, -0.25) is 0 Å². The van der Waals surface area contributed by atoms with Crippen LogP contribution in [0.1, 0.15) is 32.4 Å². The third kappa shape index (κ3) is 4.08. The minimum Gasteiger partial charge on any atom is -0.353 e. The standard InChI is InChI=1S/C12H23N3S/c1-5-7-15-9-11(3)14-12(15)13-10(2)6-8-16-4/h9-10H,5-8H2,1-4H3,(H,13,14). The van der Waals surface area contributed by atoms with Gasteiger partial charge >= 0.3 is 0 Å². The van der Waals surface area contributed by atoms with Crippen molar-refractivity contribution in [3.8, 4) is 0 Å². The van der Waals surface area contributed by atoms with Gasteiger partial charge in [0.25, 0.3) is 0 Å². The molecule has 92 valence electrons. The molecule has 1 rings (SSSR count). The van der Waals surface area contributed by atoms with Crippen molar-refractivity contribution in [3.63, 3.8) is 0 Å². The van der Waals surface area contributed by atoms with Crippen molar-refractivity contribution >= 4 is 17.7 Å². The van der Waals surface area contributed by atoms with Gasteiger partial charge in [-0.05, 0) is 38.7 Å². The Morgan fingerprint density at radius 1 is 1.56 bits per heavy atom. The molecule has 4 heteroatoms. The normalized spacial score (nSPS) is 12.8. The number of hydrogen-bond donors (Lipinski definition) is 1. The van der Waals surface area contributed by atoms with E-state index in [1.165, 1.54) is 12.2 Å². The largest absolute Gasteiger partial charge is 0.353 e. The second-order valence-corrected chi connectivity index (χ2v) is 5.21. The number of aromatic nitrogens is 2. The van der Waals surface area contributed by atoms with E-state index < -0.39 is 0 Å². The number of hydrogen-bond acceptors (Lipinski definition) is 3. The Morgan fingerprint density at radius 3 is 2.94 bits per heavy atom. The second-order valence-electron chi connectivity index (χ2n) is 4.23. The summed E-state index contributed by atoms with van der Waals surface area (Å²) in [4.78, 5) is 4.52. The van der Waals surface area contributed by atoms with E-state index >= 15 is 0 Å². The average Bonchev–Trinajstić information content (AvgIpc) is 2.56. The van der Waals surface area contributed by atoms with Crippen LogP contribution in [0, 0.1) is 6.92 Å². The van der Waals surface area contributed by atoms with Gasteiger partial charge in [0.05, 0.1) is 5.69 Å². The van der Waals surface area contributed by atoms with Crippen LogP contribution in [0.5, 0.6) is 0 Å². The number of nitrogens with one attached hydrogen (secondary N) is 1. The highest BCUT2D eigenvalue weighted by atomic mass is 32.2. The summed E-state index contributed by atoms with van der Waals surface area (Å²) < 4.78 is 2.21. The van der Waals surface area contributed by atoms with Crippen LogP contribution in [0.15, 0.2) is 6.20 Å². The number of imidazole rings is 1. The first-order valence-corrected chi connectivity index (χ1v) is 7.36. The molecule has 0 aliphatic carbocycles. The van der Waals surface area contributed by atoms with Crippen LogP contribution in [0.25, 0.3) is 0 Å². The highest BCUT2D eigenvalue weighted by molar-refractivity contribution is 7.98. The Morgan fingerprint density at radius 2 is 2.31 bits per heavy atom. The lowest BCUT2D eigenvalue weighted by atomic mass is 10.3. The van der Waals surface area contributed by atoms with E-state index in [-0.39, 0.29) is 0 Å². The molecule has 1 aromatic rings. The lowest BCUT2D eigenvalue weighted by Gasteiger charge is -2.15. The van der Waals surface area contributed by atoms with Gasteiger partial charge in [0, 0.05) is 18.8 Å². The summed E-state index contributed by atoms with van der Waals surface area (Å²) in [5.74, 6) is 2.22. The molecule has 1 aromatic heterocycles. The van der Waals surface area contributed by atoms with E-state index in [1.807, 2.05) is 18.7 Å². The lowest BCUT2D eigenvalue weighted by Crippen LogP contribution is -2.19. The van der Waals surface area contributed by atoms with E-state index in [0.717, 1.165) is 24.6 Å². The first-order valence-electron chi connectivity index (χ1n) is 5.96. The van der Waals surface area contributed by atoms with Gasteiger partial charge in [-0.15, -0.1) is 0 Å². The van der Waals surface area contributed by atoms with Crippen LogP contribution >= 0.6 is 11.8 Å². The molecule has 3 nitrogen and oxygen atoms in total. The fourth-order valence-electron chi connectivity index (χ4n) is 1.66. The van der Waals surface area contributed by atoms with Crippen molar-refractivity contribution in [2.75, 3.05) is 17.3 Å². The number of thioether (sulfide) groups is 1. The molecule has 0 aliphatic heterocycles. The number of rotatable bonds is 7. The van der Waals surface area contributed by atoms with E-state index in [2.05, 4.69) is 41.2 Å². The zero-order chi connectivity index (χ0) is 12.0. The summed E-state index contributed by atoms with van der Waals surface area (Å²) >= 11 is 1.89. The smallest absolute Gasteiger partial charge is 0.203 e. The molecule has 0 radical (unpaired) electrons. The fraction of sp³-hybridized carbons (Fsp3) is 0.750. The Bertz CT molecular complexity index is 309. The van der Waals surface area contributed by atoms with Crippen molar-refractivity contribution in [2.24, 2.45) is 0 Å². The summed E-state index contributed by atoms with van der Waals surface area (Å²) in [6.07, 6.45) is 6.59. The minimum absolute atomic E-state index is 0.491. The molecule has 1 unspecified atom stereocenters. The Balaban J connectivity index is 2.57. The van der Waals surface area contributed by atoms with Gasteiger partial charge in [-0.1, -0.05) is 6.92 Å². The summed E-state index contributed by atoms with van der Waals surface area (Å²) in [5, 5.41) is 3.49.